The van der Waals surface area contributed by atoms with E-state index in [2.05, 4.69) is 5.32 Å². The molecule has 3 nitrogen and oxygen atoms in total. The molecule has 3 N–H and O–H groups in total. The molecule has 0 bridgehead atoms. The average molecular weight is 213 g/mol. The minimum absolute atomic E-state index is 0.0538. The molecule has 0 aromatic heterocycles. The lowest BCUT2D eigenvalue weighted by Gasteiger charge is -2.16. The Hall–Kier alpha value is -0.970. The van der Waals surface area contributed by atoms with Gasteiger partial charge in [0.25, 0.3) is 0 Å². The van der Waals surface area contributed by atoms with E-state index in [1.54, 1.807) is 6.07 Å². The summed E-state index contributed by atoms with van der Waals surface area (Å²) in [4.78, 5) is 0. The summed E-state index contributed by atoms with van der Waals surface area (Å²) in [5, 5.41) is 20.7. The van der Waals surface area contributed by atoms with Gasteiger partial charge in [-0.3, -0.25) is 0 Å². The van der Waals surface area contributed by atoms with E-state index in [4.69, 9.17) is 10.2 Å². The van der Waals surface area contributed by atoms with Crippen LogP contribution in [0.15, 0.2) is 24.3 Å². The van der Waals surface area contributed by atoms with E-state index in [-0.39, 0.29) is 25.0 Å². The second-order valence-corrected chi connectivity index (χ2v) is 3.52. The topological polar surface area (TPSA) is 52.5 Å². The van der Waals surface area contributed by atoms with Crippen molar-refractivity contribution in [1.29, 1.82) is 0 Å². The summed E-state index contributed by atoms with van der Waals surface area (Å²) in [6.07, 6.45) is -0.777. The van der Waals surface area contributed by atoms with Gasteiger partial charge >= 0.3 is 0 Å². The summed E-state index contributed by atoms with van der Waals surface area (Å²) >= 11 is 0. The highest BCUT2D eigenvalue weighted by Gasteiger charge is 2.08. The monoisotopic (exact) mass is 213 g/mol. The number of hydrogen-bond donors (Lipinski definition) is 3. The van der Waals surface area contributed by atoms with Gasteiger partial charge in [-0.2, -0.15) is 0 Å². The van der Waals surface area contributed by atoms with Crippen molar-refractivity contribution in [1.82, 2.24) is 5.32 Å². The van der Waals surface area contributed by atoms with Crippen molar-refractivity contribution in [2.45, 2.75) is 19.1 Å². The normalized spacial score (nSPS) is 14.9. The predicted octanol–water partition coefficient (Wildman–Crippen LogP) is 0.829. The molecule has 15 heavy (non-hydrogen) atoms. The van der Waals surface area contributed by atoms with Gasteiger partial charge < -0.3 is 15.5 Å². The zero-order valence-corrected chi connectivity index (χ0v) is 8.65. The Morgan fingerprint density at radius 1 is 1.47 bits per heavy atom. The van der Waals surface area contributed by atoms with Crippen molar-refractivity contribution in [3.8, 4) is 0 Å². The van der Waals surface area contributed by atoms with E-state index in [1.807, 2.05) is 13.0 Å². The molecule has 1 unspecified atom stereocenters. The molecule has 0 aliphatic carbocycles. The van der Waals surface area contributed by atoms with Crippen LogP contribution in [0.4, 0.5) is 4.39 Å². The van der Waals surface area contributed by atoms with Crippen LogP contribution in [-0.2, 0) is 0 Å². The molecule has 0 heterocycles. The number of aliphatic hydroxyl groups is 2. The molecule has 1 aromatic carbocycles. The largest absolute Gasteiger partial charge is 0.394 e. The number of nitrogens with one attached hydrogen (secondary N) is 1. The molecule has 0 fully saturated rings. The Morgan fingerprint density at radius 3 is 2.80 bits per heavy atom. The zero-order valence-electron chi connectivity index (χ0n) is 8.65. The molecule has 0 spiro atoms. The quantitative estimate of drug-likeness (QED) is 0.679. The molecule has 2 atom stereocenters. The van der Waals surface area contributed by atoms with Crippen LogP contribution in [0.3, 0.4) is 0 Å². The first-order valence-electron chi connectivity index (χ1n) is 4.91. The molecule has 1 aromatic rings. The van der Waals surface area contributed by atoms with E-state index in [9.17, 15) is 4.39 Å². The molecule has 0 saturated carbocycles. The van der Waals surface area contributed by atoms with Crippen molar-refractivity contribution in [3.05, 3.63) is 35.6 Å². The van der Waals surface area contributed by atoms with Gasteiger partial charge in [-0.05, 0) is 24.6 Å². The second kappa shape index (κ2) is 5.80. The van der Waals surface area contributed by atoms with Crippen LogP contribution >= 0.6 is 0 Å². The maximum Gasteiger partial charge on any atom is 0.123 e. The first kappa shape index (κ1) is 12.1. The second-order valence-electron chi connectivity index (χ2n) is 3.52. The van der Waals surface area contributed by atoms with Crippen LogP contribution < -0.4 is 5.32 Å². The predicted molar refractivity (Wildman–Crippen MR) is 55.9 cm³/mol. The van der Waals surface area contributed by atoms with E-state index in [0.29, 0.717) is 0 Å². The van der Waals surface area contributed by atoms with E-state index in [1.165, 1.54) is 12.1 Å². The fourth-order valence-electron chi connectivity index (χ4n) is 1.27. The third-order valence-electron chi connectivity index (χ3n) is 2.22. The third-order valence-corrected chi connectivity index (χ3v) is 2.22. The maximum absolute atomic E-state index is 12.9. The van der Waals surface area contributed by atoms with Gasteiger partial charge in [-0.15, -0.1) is 0 Å². The molecular formula is C11H16FNO2. The molecule has 4 heteroatoms. The average Bonchev–Trinajstić information content (AvgIpc) is 2.25. The van der Waals surface area contributed by atoms with Crippen molar-refractivity contribution in [3.63, 3.8) is 0 Å². The summed E-state index contributed by atoms with van der Waals surface area (Å²) in [5.74, 6) is -0.274. The van der Waals surface area contributed by atoms with Crippen molar-refractivity contribution in [2.24, 2.45) is 0 Å². The van der Waals surface area contributed by atoms with Gasteiger partial charge in [0, 0.05) is 12.6 Å². The first-order chi connectivity index (χ1) is 7.13. The van der Waals surface area contributed by atoms with Gasteiger partial charge in [0.2, 0.25) is 0 Å². The lowest BCUT2D eigenvalue weighted by molar-refractivity contribution is 0.0924. The van der Waals surface area contributed by atoms with Gasteiger partial charge in [0.1, 0.15) is 5.82 Å². The van der Waals surface area contributed by atoms with Crippen LogP contribution in [0.5, 0.6) is 0 Å². The molecule has 0 amide bonds. The smallest absolute Gasteiger partial charge is 0.123 e. The fourth-order valence-corrected chi connectivity index (χ4v) is 1.27. The third kappa shape index (κ3) is 3.95. The molecule has 0 aliphatic heterocycles. The highest BCUT2D eigenvalue weighted by atomic mass is 19.1. The van der Waals surface area contributed by atoms with Crippen LogP contribution in [-0.4, -0.2) is 29.5 Å². The van der Waals surface area contributed by atoms with Crippen LogP contribution in [0.1, 0.15) is 18.5 Å². The minimum Gasteiger partial charge on any atom is -0.394 e. The number of hydrogen-bond acceptors (Lipinski definition) is 3. The molecule has 0 aliphatic rings. The highest BCUT2D eigenvalue weighted by molar-refractivity contribution is 5.19. The van der Waals surface area contributed by atoms with Crippen LogP contribution in [0.25, 0.3) is 0 Å². The lowest BCUT2D eigenvalue weighted by Crippen LogP contribution is -2.31. The Labute approximate surface area is 88.6 Å². The number of aliphatic hydroxyl groups excluding tert-OH is 2. The molecule has 0 radical (unpaired) electrons. The summed E-state index contributed by atoms with van der Waals surface area (Å²) in [5.41, 5.74) is 0.820. The highest BCUT2D eigenvalue weighted by Crippen LogP contribution is 2.12. The van der Waals surface area contributed by atoms with Crippen molar-refractivity contribution >= 4 is 0 Å². The van der Waals surface area contributed by atoms with Crippen molar-refractivity contribution < 1.29 is 14.6 Å². The van der Waals surface area contributed by atoms with Gasteiger partial charge in [-0.25, -0.2) is 4.39 Å². The Morgan fingerprint density at radius 2 is 2.20 bits per heavy atom. The van der Waals surface area contributed by atoms with Gasteiger partial charge in [-0.1, -0.05) is 12.1 Å². The minimum atomic E-state index is -0.777. The Kier molecular flexibility index (Phi) is 4.68. The fraction of sp³-hybridized carbons (Fsp3) is 0.455. The Bertz CT molecular complexity index is 306. The molecule has 1 rings (SSSR count). The molecule has 84 valence electrons. The van der Waals surface area contributed by atoms with E-state index in [0.717, 1.165) is 5.56 Å². The first-order valence-corrected chi connectivity index (χ1v) is 4.91. The van der Waals surface area contributed by atoms with E-state index < -0.39 is 6.10 Å². The lowest BCUT2D eigenvalue weighted by atomic mass is 10.1. The SMILES string of the molecule is CC(NC[C@H](O)CO)c1cccc(F)c1. The number of halogens is 1. The Balaban J connectivity index is 2.50. The summed E-state index contributed by atoms with van der Waals surface area (Å²) in [6.45, 7) is 1.88. The summed E-state index contributed by atoms with van der Waals surface area (Å²) in [6, 6.07) is 6.24. The summed E-state index contributed by atoms with van der Waals surface area (Å²) < 4.78 is 12.9. The molecule has 0 saturated heterocycles. The maximum atomic E-state index is 12.9. The van der Waals surface area contributed by atoms with Crippen molar-refractivity contribution in [2.75, 3.05) is 13.2 Å². The zero-order chi connectivity index (χ0) is 11.3. The van der Waals surface area contributed by atoms with Gasteiger partial charge in [0.15, 0.2) is 0 Å². The number of rotatable bonds is 5. The van der Waals surface area contributed by atoms with Crippen LogP contribution in [0.2, 0.25) is 0 Å². The van der Waals surface area contributed by atoms with Crippen LogP contribution in [0, 0.1) is 5.82 Å². The molecular weight excluding hydrogens is 197 g/mol. The number of benzene rings is 1. The van der Waals surface area contributed by atoms with E-state index >= 15 is 0 Å². The standard InChI is InChI=1S/C11H16FNO2/c1-8(13-6-11(15)7-14)9-3-2-4-10(12)5-9/h2-5,8,11,13-15H,6-7H2,1H3/t8?,11-/m0/s1. The summed E-state index contributed by atoms with van der Waals surface area (Å²) in [7, 11) is 0. The van der Waals surface area contributed by atoms with Gasteiger partial charge in [0.05, 0.1) is 12.7 Å².